The molecule has 82 valence electrons. The van der Waals surface area contributed by atoms with Crippen LogP contribution in [0.4, 0.5) is 0 Å². The van der Waals surface area contributed by atoms with Gasteiger partial charge in [-0.3, -0.25) is 4.98 Å². The highest BCUT2D eigenvalue weighted by molar-refractivity contribution is 8.68. The van der Waals surface area contributed by atoms with Gasteiger partial charge in [0, 0.05) is 18.7 Å². The Kier molecular flexibility index (Phi) is 3.94. The number of nitrogens with zero attached hydrogens (tertiary/aromatic N) is 1. The predicted molar refractivity (Wildman–Crippen MR) is 67.4 cm³/mol. The van der Waals surface area contributed by atoms with Crippen LogP contribution in [0.3, 0.4) is 0 Å². The van der Waals surface area contributed by atoms with E-state index in [0.29, 0.717) is 11.2 Å². The first kappa shape index (κ1) is 11.3. The van der Waals surface area contributed by atoms with E-state index in [-0.39, 0.29) is 0 Å². The van der Waals surface area contributed by atoms with Crippen molar-refractivity contribution in [2.45, 2.75) is 24.5 Å². The molecule has 15 heavy (non-hydrogen) atoms. The highest BCUT2D eigenvalue weighted by atomic mass is 33.1. The molecular formula is C11H15NOS2. The molecule has 2 nitrogen and oxygen atoms in total. The Morgan fingerprint density at radius 1 is 1.60 bits per heavy atom. The maximum absolute atomic E-state index is 5.37. The summed E-state index contributed by atoms with van der Waals surface area (Å²) in [4.78, 5) is 4.47. The van der Waals surface area contributed by atoms with Crippen LogP contribution in [0.25, 0.3) is 0 Å². The largest absolute Gasteiger partial charge is 0.381 e. The van der Waals surface area contributed by atoms with E-state index >= 15 is 0 Å². The number of hydrogen-bond acceptors (Lipinski definition) is 4. The molecule has 2 heterocycles. The third kappa shape index (κ3) is 2.68. The lowest BCUT2D eigenvalue weighted by Gasteiger charge is -2.10. The second kappa shape index (κ2) is 5.23. The fourth-order valence-electron chi connectivity index (χ4n) is 1.75. The Labute approximate surface area is 99.6 Å². The monoisotopic (exact) mass is 241 g/mol. The average molecular weight is 241 g/mol. The molecule has 0 saturated carbocycles. The third-order valence-electron chi connectivity index (χ3n) is 2.78. The summed E-state index contributed by atoms with van der Waals surface area (Å²) in [6, 6.07) is 4.27. The first-order chi connectivity index (χ1) is 7.31. The van der Waals surface area contributed by atoms with E-state index in [4.69, 9.17) is 4.74 Å². The van der Waals surface area contributed by atoms with E-state index in [2.05, 4.69) is 35.7 Å². The molecule has 4 heteroatoms. The van der Waals surface area contributed by atoms with Gasteiger partial charge in [-0.25, -0.2) is 0 Å². The van der Waals surface area contributed by atoms with Crippen LogP contribution >= 0.6 is 22.5 Å². The molecule has 0 N–H and O–H groups in total. The summed E-state index contributed by atoms with van der Waals surface area (Å²) in [5.41, 5.74) is 2.39. The number of rotatable bonds is 3. The number of ether oxygens (including phenoxy) is 1. The second-order valence-corrected chi connectivity index (χ2v) is 5.37. The molecule has 1 aromatic heterocycles. The molecular weight excluding hydrogens is 226 g/mol. The molecule has 0 bridgehead atoms. The average Bonchev–Trinajstić information content (AvgIpc) is 2.82. The first-order valence-corrected chi connectivity index (χ1v) is 7.08. The second-order valence-electron chi connectivity index (χ2n) is 3.82. The van der Waals surface area contributed by atoms with Crippen LogP contribution in [0.1, 0.15) is 35.8 Å². The standard InChI is InChI=1S/C11H15NOS2/c1-8(15-14)11-3-2-9(6-12-11)10-4-5-13-7-10/h2-3,6,8,10,14H,4-5,7H2,1H3. The molecule has 1 fully saturated rings. The van der Waals surface area contributed by atoms with Gasteiger partial charge in [0.15, 0.2) is 0 Å². The molecule has 1 aromatic rings. The van der Waals surface area contributed by atoms with Crippen LogP contribution < -0.4 is 0 Å². The minimum absolute atomic E-state index is 0.349. The normalized spacial score (nSPS) is 22.9. The van der Waals surface area contributed by atoms with E-state index in [0.717, 1.165) is 25.3 Å². The predicted octanol–water partition coefficient (Wildman–Crippen LogP) is 3.22. The molecule has 2 unspecified atom stereocenters. The zero-order valence-electron chi connectivity index (χ0n) is 8.72. The molecule has 2 rings (SSSR count). The van der Waals surface area contributed by atoms with E-state index < -0.39 is 0 Å². The molecule has 2 atom stereocenters. The molecule has 1 aliphatic rings. The number of thiol groups is 1. The van der Waals surface area contributed by atoms with Gasteiger partial charge in [-0.05, 0) is 25.0 Å². The van der Waals surface area contributed by atoms with Crippen LogP contribution in [0, 0.1) is 0 Å². The van der Waals surface area contributed by atoms with Crippen LogP contribution in [-0.4, -0.2) is 18.2 Å². The fraction of sp³-hybridized carbons (Fsp3) is 0.545. The van der Waals surface area contributed by atoms with E-state index in [1.54, 1.807) is 0 Å². The third-order valence-corrected chi connectivity index (χ3v) is 4.29. The summed E-state index contributed by atoms with van der Waals surface area (Å²) in [6.07, 6.45) is 3.10. The van der Waals surface area contributed by atoms with Crippen molar-refractivity contribution >= 4 is 22.5 Å². The Morgan fingerprint density at radius 2 is 2.47 bits per heavy atom. The Bertz CT molecular complexity index is 309. The molecule has 0 radical (unpaired) electrons. The van der Waals surface area contributed by atoms with Crippen molar-refractivity contribution in [1.82, 2.24) is 4.98 Å². The smallest absolute Gasteiger partial charge is 0.0543 e. The van der Waals surface area contributed by atoms with Gasteiger partial charge in [0.1, 0.15) is 0 Å². The highest BCUT2D eigenvalue weighted by Crippen LogP contribution is 2.30. The lowest BCUT2D eigenvalue weighted by Crippen LogP contribution is -2.00. The van der Waals surface area contributed by atoms with Crippen molar-refractivity contribution in [1.29, 1.82) is 0 Å². The van der Waals surface area contributed by atoms with E-state index in [1.165, 1.54) is 16.4 Å². The number of pyridine rings is 1. The van der Waals surface area contributed by atoms with Gasteiger partial charge in [0.05, 0.1) is 17.6 Å². The molecule has 1 saturated heterocycles. The zero-order valence-corrected chi connectivity index (χ0v) is 10.4. The molecule has 0 amide bonds. The van der Waals surface area contributed by atoms with Crippen molar-refractivity contribution < 1.29 is 4.74 Å². The fourth-order valence-corrected chi connectivity index (χ4v) is 2.32. The van der Waals surface area contributed by atoms with Crippen molar-refractivity contribution in [3.8, 4) is 0 Å². The molecule has 1 aliphatic heterocycles. The quantitative estimate of drug-likeness (QED) is 0.649. The first-order valence-electron chi connectivity index (χ1n) is 5.15. The van der Waals surface area contributed by atoms with Crippen LogP contribution in [0.5, 0.6) is 0 Å². The maximum Gasteiger partial charge on any atom is 0.0543 e. The van der Waals surface area contributed by atoms with Gasteiger partial charge in [-0.15, -0.1) is 11.7 Å². The van der Waals surface area contributed by atoms with Crippen molar-refractivity contribution in [2.24, 2.45) is 0 Å². The summed E-state index contributed by atoms with van der Waals surface area (Å²) in [5.74, 6) is 0.547. The maximum atomic E-state index is 5.37. The molecule has 0 aliphatic carbocycles. The molecule has 0 spiro atoms. The van der Waals surface area contributed by atoms with E-state index in [9.17, 15) is 0 Å². The van der Waals surface area contributed by atoms with Gasteiger partial charge < -0.3 is 4.74 Å². The Hall–Kier alpha value is -0.190. The Morgan fingerprint density at radius 3 is 3.00 bits per heavy atom. The molecule has 0 aromatic carbocycles. The summed E-state index contributed by atoms with van der Waals surface area (Å²) in [5, 5.41) is 0.349. The lowest BCUT2D eigenvalue weighted by atomic mass is 10.0. The number of hydrogen-bond donors (Lipinski definition) is 1. The van der Waals surface area contributed by atoms with E-state index in [1.807, 2.05) is 6.20 Å². The SMILES string of the molecule is CC(SS)c1ccc(C2CCOC2)cn1. The van der Waals surface area contributed by atoms with Gasteiger partial charge >= 0.3 is 0 Å². The van der Waals surface area contributed by atoms with Crippen molar-refractivity contribution in [3.05, 3.63) is 29.6 Å². The minimum Gasteiger partial charge on any atom is -0.381 e. The lowest BCUT2D eigenvalue weighted by molar-refractivity contribution is 0.194. The summed E-state index contributed by atoms with van der Waals surface area (Å²) < 4.78 is 5.37. The highest BCUT2D eigenvalue weighted by Gasteiger charge is 2.18. The van der Waals surface area contributed by atoms with Gasteiger partial charge in [-0.1, -0.05) is 16.9 Å². The zero-order chi connectivity index (χ0) is 10.7. The summed E-state index contributed by atoms with van der Waals surface area (Å²) in [6.45, 7) is 3.84. The number of aromatic nitrogens is 1. The van der Waals surface area contributed by atoms with Gasteiger partial charge in [0.2, 0.25) is 0 Å². The van der Waals surface area contributed by atoms with Crippen LogP contribution in [0.15, 0.2) is 18.3 Å². The van der Waals surface area contributed by atoms with Crippen molar-refractivity contribution in [2.75, 3.05) is 13.2 Å². The minimum atomic E-state index is 0.349. The summed E-state index contributed by atoms with van der Waals surface area (Å²) >= 11 is 4.20. The Balaban J connectivity index is 2.09. The van der Waals surface area contributed by atoms with Gasteiger partial charge in [-0.2, -0.15) is 0 Å². The summed E-state index contributed by atoms with van der Waals surface area (Å²) in [7, 11) is 1.52. The van der Waals surface area contributed by atoms with Crippen molar-refractivity contribution in [3.63, 3.8) is 0 Å². The topological polar surface area (TPSA) is 22.1 Å². The van der Waals surface area contributed by atoms with Gasteiger partial charge in [0.25, 0.3) is 0 Å². The van der Waals surface area contributed by atoms with Crippen LogP contribution in [-0.2, 0) is 4.74 Å². The van der Waals surface area contributed by atoms with Crippen LogP contribution in [0.2, 0.25) is 0 Å².